The van der Waals surface area contributed by atoms with Crippen LogP contribution >= 0.6 is 0 Å². The quantitative estimate of drug-likeness (QED) is 0.201. The molecule has 14 heteroatoms. The molecule has 2 aromatic carbocycles. The van der Waals surface area contributed by atoms with Crippen LogP contribution in [0, 0.1) is 11.8 Å². The molecule has 0 unspecified atom stereocenters. The maximum atomic E-state index is 14.5. The number of hydrogen-bond donors (Lipinski definition) is 3. The number of tetrazole rings is 1. The molecular weight excluding hydrogens is 672 g/mol. The number of anilines is 2. The van der Waals surface area contributed by atoms with Gasteiger partial charge < -0.3 is 25.6 Å². The molecule has 0 bridgehead atoms. The molecule has 2 aliphatic rings. The van der Waals surface area contributed by atoms with Gasteiger partial charge in [-0.2, -0.15) is 5.21 Å². The van der Waals surface area contributed by atoms with Gasteiger partial charge in [0.1, 0.15) is 17.5 Å². The van der Waals surface area contributed by atoms with E-state index in [0.717, 1.165) is 61.5 Å². The number of ether oxygens (including phenoxy) is 1. The highest BCUT2D eigenvalue weighted by atomic mass is 16.6. The van der Waals surface area contributed by atoms with E-state index in [2.05, 4.69) is 54.9 Å². The minimum atomic E-state index is -0.946. The summed E-state index contributed by atoms with van der Waals surface area (Å²) in [5.41, 5.74) is 9.62. The van der Waals surface area contributed by atoms with E-state index in [4.69, 9.17) is 15.5 Å². The second-order valence-electron chi connectivity index (χ2n) is 15.1. The number of nitrogens with zero attached hydrogens (tertiary/aromatic N) is 7. The fourth-order valence-electron chi connectivity index (χ4n) is 7.07. The first-order valence-corrected chi connectivity index (χ1v) is 18.4. The van der Waals surface area contributed by atoms with E-state index in [1.54, 1.807) is 29.2 Å². The smallest absolute Gasteiger partial charge is 0.407 e. The fraction of sp³-hybridized carbons (Fsp3) is 0.462. The van der Waals surface area contributed by atoms with E-state index in [1.807, 2.05) is 51.2 Å². The van der Waals surface area contributed by atoms with Gasteiger partial charge in [0, 0.05) is 68.1 Å². The molecule has 280 valence electrons. The summed E-state index contributed by atoms with van der Waals surface area (Å²) < 4.78 is 5.39. The highest BCUT2D eigenvalue weighted by molar-refractivity contribution is 6.01. The lowest BCUT2D eigenvalue weighted by Crippen LogP contribution is -2.52. The van der Waals surface area contributed by atoms with Crippen molar-refractivity contribution in [3.8, 4) is 22.5 Å². The van der Waals surface area contributed by atoms with Gasteiger partial charge in [0.05, 0.1) is 0 Å². The largest absolute Gasteiger partial charge is 0.444 e. The van der Waals surface area contributed by atoms with Gasteiger partial charge in [-0.25, -0.2) is 9.78 Å². The number of amides is 3. The number of H-pyrrole nitrogens is 1. The van der Waals surface area contributed by atoms with Crippen molar-refractivity contribution >= 4 is 29.4 Å². The first-order chi connectivity index (χ1) is 25.4. The third kappa shape index (κ3) is 9.74. The van der Waals surface area contributed by atoms with Crippen LogP contribution in [0.1, 0.15) is 52.0 Å². The second kappa shape index (κ2) is 16.5. The minimum absolute atomic E-state index is 0.153. The number of primary amides is 1. The van der Waals surface area contributed by atoms with Crippen molar-refractivity contribution in [1.82, 2.24) is 35.8 Å². The van der Waals surface area contributed by atoms with Crippen molar-refractivity contribution in [2.45, 2.75) is 64.5 Å². The highest BCUT2D eigenvalue weighted by Gasteiger charge is 2.36. The van der Waals surface area contributed by atoms with Crippen molar-refractivity contribution in [3.63, 3.8) is 0 Å². The van der Waals surface area contributed by atoms with E-state index in [9.17, 15) is 14.4 Å². The summed E-state index contributed by atoms with van der Waals surface area (Å²) in [5, 5.41) is 17.1. The number of aromatic amines is 1. The van der Waals surface area contributed by atoms with Gasteiger partial charge in [0.25, 0.3) is 0 Å². The van der Waals surface area contributed by atoms with Crippen LogP contribution in [-0.4, -0.2) is 99.8 Å². The number of nitrogens with two attached hydrogens (primary N) is 1. The van der Waals surface area contributed by atoms with Crippen molar-refractivity contribution in [1.29, 1.82) is 0 Å². The number of carbonyl (C=O) groups excluding carboxylic acids is 3. The molecule has 6 rings (SSSR count). The Hall–Kier alpha value is -5.37. The first-order valence-electron chi connectivity index (χ1n) is 18.4. The second-order valence-corrected chi connectivity index (χ2v) is 15.1. The average Bonchev–Trinajstić information content (AvgIpc) is 3.69. The Morgan fingerprint density at radius 3 is 2.30 bits per heavy atom. The van der Waals surface area contributed by atoms with Crippen LogP contribution in [0.3, 0.4) is 0 Å². The number of rotatable bonds is 11. The fourth-order valence-corrected chi connectivity index (χ4v) is 7.07. The number of carbonyl (C=O) groups is 3. The lowest BCUT2D eigenvalue weighted by Gasteiger charge is -2.36. The number of pyridine rings is 1. The van der Waals surface area contributed by atoms with Gasteiger partial charge in [-0.3, -0.25) is 14.5 Å². The molecular formula is C39H50N10O4. The van der Waals surface area contributed by atoms with Crippen LogP contribution in [0.25, 0.3) is 22.5 Å². The Kier molecular flexibility index (Phi) is 11.7. The zero-order valence-corrected chi connectivity index (χ0v) is 31.0. The lowest BCUT2D eigenvalue weighted by atomic mass is 9.81. The van der Waals surface area contributed by atoms with E-state index >= 15 is 0 Å². The summed E-state index contributed by atoms with van der Waals surface area (Å²) in [6.07, 6.45) is 4.41. The number of hydrogen-bond acceptors (Lipinski definition) is 10. The molecule has 3 amide bonds. The van der Waals surface area contributed by atoms with Gasteiger partial charge in [0.15, 0.2) is 0 Å². The summed E-state index contributed by atoms with van der Waals surface area (Å²) in [7, 11) is 2.13. The minimum Gasteiger partial charge on any atom is -0.444 e. The highest BCUT2D eigenvalue weighted by Crippen LogP contribution is 2.33. The maximum absolute atomic E-state index is 14.5. The maximum Gasteiger partial charge on any atom is 0.407 e. The Bertz CT molecular complexity index is 1830. The number of likely N-dealkylation sites (N-methyl/N-ethyl adjacent to an activating group) is 1. The molecule has 2 aromatic heterocycles. The van der Waals surface area contributed by atoms with Crippen molar-refractivity contribution < 1.29 is 19.1 Å². The molecule has 1 atom stereocenters. The van der Waals surface area contributed by atoms with E-state index < -0.39 is 23.6 Å². The van der Waals surface area contributed by atoms with Crippen LogP contribution in [0.4, 0.5) is 16.3 Å². The first kappa shape index (κ1) is 37.4. The summed E-state index contributed by atoms with van der Waals surface area (Å²) >= 11 is 0. The summed E-state index contributed by atoms with van der Waals surface area (Å²) in [6.45, 7) is 9.85. The van der Waals surface area contributed by atoms with Gasteiger partial charge in [-0.05, 0) is 112 Å². The van der Waals surface area contributed by atoms with E-state index in [-0.39, 0.29) is 24.2 Å². The Labute approximate surface area is 310 Å². The van der Waals surface area contributed by atoms with Crippen molar-refractivity contribution in [3.05, 3.63) is 72.4 Å². The normalized spacial score (nSPS) is 18.6. The Morgan fingerprint density at radius 2 is 1.68 bits per heavy atom. The SMILES string of the molecule is CN1CCN(c2ccc(-c3cccc(C[C@@H](C(N)=O)N(C(=O)C4CCC(CNC(=O)OC(C)(C)C)CC4)c4ccc(-c5nn[nH]n5)cc4)c3)cn2)CC1. The Balaban J connectivity index is 1.20. The van der Waals surface area contributed by atoms with Crippen molar-refractivity contribution in [2.24, 2.45) is 17.6 Å². The number of nitrogens with one attached hydrogen (secondary N) is 2. The number of alkyl carbamates (subject to hydrolysis) is 1. The molecule has 1 aliphatic heterocycles. The van der Waals surface area contributed by atoms with Crippen LogP contribution in [-0.2, 0) is 20.7 Å². The van der Waals surface area contributed by atoms with Gasteiger partial charge in [-0.15, -0.1) is 10.2 Å². The third-order valence-corrected chi connectivity index (χ3v) is 10.0. The molecule has 2 fully saturated rings. The predicted octanol–water partition coefficient (Wildman–Crippen LogP) is 4.44. The predicted molar refractivity (Wildman–Crippen MR) is 203 cm³/mol. The van der Waals surface area contributed by atoms with Crippen LogP contribution in [0.2, 0.25) is 0 Å². The summed E-state index contributed by atoms with van der Waals surface area (Å²) in [4.78, 5) is 51.1. The van der Waals surface area contributed by atoms with Crippen LogP contribution < -0.4 is 20.9 Å². The number of aromatic nitrogens is 5. The third-order valence-electron chi connectivity index (χ3n) is 10.0. The number of benzene rings is 2. The zero-order valence-electron chi connectivity index (χ0n) is 31.0. The van der Waals surface area contributed by atoms with E-state index in [0.29, 0.717) is 36.5 Å². The molecule has 0 spiro atoms. The zero-order chi connectivity index (χ0) is 37.5. The van der Waals surface area contributed by atoms with Gasteiger partial charge in [-0.1, -0.05) is 24.3 Å². The molecule has 4 aromatic rings. The van der Waals surface area contributed by atoms with Crippen LogP contribution in [0.15, 0.2) is 66.9 Å². The molecule has 0 radical (unpaired) electrons. The Morgan fingerprint density at radius 1 is 0.962 bits per heavy atom. The molecule has 1 aliphatic carbocycles. The lowest BCUT2D eigenvalue weighted by molar-refractivity contribution is -0.127. The molecule has 1 saturated heterocycles. The summed E-state index contributed by atoms with van der Waals surface area (Å²) in [6, 6.07) is 18.3. The molecule has 53 heavy (non-hydrogen) atoms. The summed E-state index contributed by atoms with van der Waals surface area (Å²) in [5.74, 6) is 0.525. The van der Waals surface area contributed by atoms with Gasteiger partial charge >= 0.3 is 6.09 Å². The standard InChI is InChI=1S/C39H50N10O4/c1-39(2,3)53-38(52)42-24-26-8-10-29(11-9-26)37(51)49(32-15-12-28(13-16-32)36-43-45-46-44-36)33(35(40)50)23-27-6-5-7-30(22-27)31-14-17-34(41-25-31)48-20-18-47(4)19-21-48/h5-7,12-17,22,25-26,29,33H,8-11,18-21,23-24H2,1-4H3,(H2,40,50)(H,42,52)(H,43,44,45,46)/t26?,29?,33-/m0/s1. The average molecular weight is 723 g/mol. The number of piperazine rings is 1. The van der Waals surface area contributed by atoms with E-state index in [1.165, 1.54) is 0 Å². The molecule has 14 nitrogen and oxygen atoms in total. The van der Waals surface area contributed by atoms with Crippen molar-refractivity contribution in [2.75, 3.05) is 49.6 Å². The molecule has 4 N–H and O–H groups in total. The van der Waals surface area contributed by atoms with Gasteiger partial charge in [0.2, 0.25) is 17.6 Å². The molecule has 1 saturated carbocycles. The van der Waals surface area contributed by atoms with Crippen LogP contribution in [0.5, 0.6) is 0 Å². The monoisotopic (exact) mass is 722 g/mol. The molecule has 3 heterocycles. The topological polar surface area (TPSA) is 176 Å².